The molecule has 0 fully saturated rings. The molecule has 6 heteroatoms. The zero-order valence-corrected chi connectivity index (χ0v) is 20.4. The van der Waals surface area contributed by atoms with Crippen LogP contribution in [0.25, 0.3) is 33.8 Å². The molecule has 0 aliphatic carbocycles. The van der Waals surface area contributed by atoms with Crippen LogP contribution in [-0.4, -0.2) is 47.1 Å². The number of hydrogen-bond acceptors (Lipinski definition) is 4. The molecule has 0 radical (unpaired) electrons. The number of imidazole rings is 1. The van der Waals surface area contributed by atoms with Crippen molar-refractivity contribution < 1.29 is 9.13 Å². The summed E-state index contributed by atoms with van der Waals surface area (Å²) in [5.41, 5.74) is 5.51. The normalized spacial score (nSPS) is 11.4. The first-order valence-corrected chi connectivity index (χ1v) is 11.5. The molecule has 176 valence electrons. The number of rotatable bonds is 8. The van der Waals surface area contributed by atoms with E-state index in [-0.39, 0.29) is 11.7 Å². The van der Waals surface area contributed by atoms with Gasteiger partial charge in [0.25, 0.3) is 0 Å². The number of halogens is 1. The van der Waals surface area contributed by atoms with E-state index >= 15 is 0 Å². The number of hydrogen-bond donors (Lipinski definition) is 1. The Labute approximate surface area is 200 Å². The van der Waals surface area contributed by atoms with Crippen molar-refractivity contribution in [2.75, 3.05) is 27.2 Å². The van der Waals surface area contributed by atoms with Crippen molar-refractivity contribution in [2.45, 2.75) is 26.7 Å². The van der Waals surface area contributed by atoms with Crippen LogP contribution in [0.4, 0.5) is 4.39 Å². The summed E-state index contributed by atoms with van der Waals surface area (Å²) in [7, 11) is 4.01. The summed E-state index contributed by atoms with van der Waals surface area (Å²) in [5.74, 6) is 1.58. The fourth-order valence-electron chi connectivity index (χ4n) is 3.71. The van der Waals surface area contributed by atoms with Gasteiger partial charge in [0, 0.05) is 29.3 Å². The van der Waals surface area contributed by atoms with Gasteiger partial charge in [0.15, 0.2) is 0 Å². The molecule has 5 nitrogen and oxygen atoms in total. The lowest BCUT2D eigenvalue weighted by Crippen LogP contribution is -2.19. The van der Waals surface area contributed by atoms with Crippen molar-refractivity contribution in [1.82, 2.24) is 19.9 Å². The molecule has 0 amide bonds. The Morgan fingerprint density at radius 1 is 0.971 bits per heavy atom. The zero-order valence-electron chi connectivity index (χ0n) is 20.4. The third kappa shape index (κ3) is 5.34. The third-order valence-electron chi connectivity index (χ3n) is 5.63. The molecule has 0 spiro atoms. The van der Waals surface area contributed by atoms with Gasteiger partial charge in [-0.3, -0.25) is 4.98 Å². The van der Waals surface area contributed by atoms with Crippen LogP contribution in [0.5, 0.6) is 5.75 Å². The van der Waals surface area contributed by atoms with Gasteiger partial charge in [-0.15, -0.1) is 0 Å². The number of aromatic amines is 1. The number of ether oxygens (including phenoxy) is 1. The van der Waals surface area contributed by atoms with Gasteiger partial charge in [0.05, 0.1) is 17.1 Å². The van der Waals surface area contributed by atoms with Crippen LogP contribution < -0.4 is 4.74 Å². The topological polar surface area (TPSA) is 54.0 Å². The Bertz CT molecular complexity index is 1260. The number of pyridine rings is 1. The average molecular weight is 459 g/mol. The Morgan fingerprint density at radius 3 is 2.38 bits per heavy atom. The maximum atomic E-state index is 14.9. The second-order valence-electron chi connectivity index (χ2n) is 9.04. The Kier molecular flexibility index (Phi) is 7.08. The second-order valence-corrected chi connectivity index (χ2v) is 9.04. The summed E-state index contributed by atoms with van der Waals surface area (Å²) in [6, 6.07) is 18.6. The number of aromatic nitrogens is 3. The van der Waals surface area contributed by atoms with Gasteiger partial charge in [0.2, 0.25) is 0 Å². The van der Waals surface area contributed by atoms with Crippen LogP contribution in [0.1, 0.15) is 31.3 Å². The third-order valence-corrected chi connectivity index (χ3v) is 5.63. The van der Waals surface area contributed by atoms with E-state index in [0.717, 1.165) is 52.0 Å². The first kappa shape index (κ1) is 23.6. The molecular formula is C28H31FN4O. The molecule has 4 rings (SSSR count). The van der Waals surface area contributed by atoms with Gasteiger partial charge < -0.3 is 14.6 Å². The summed E-state index contributed by atoms with van der Waals surface area (Å²) in [6.45, 7) is 7.58. The predicted octanol–water partition coefficient (Wildman–Crippen LogP) is 6.32. The molecule has 1 N–H and O–H groups in total. The average Bonchev–Trinajstić information content (AvgIpc) is 3.26. The van der Waals surface area contributed by atoms with E-state index < -0.39 is 0 Å². The van der Waals surface area contributed by atoms with Crippen LogP contribution >= 0.6 is 0 Å². The Hall–Kier alpha value is -3.51. The van der Waals surface area contributed by atoms with Crippen molar-refractivity contribution in [3.63, 3.8) is 0 Å². The number of nitrogens with one attached hydrogen (secondary N) is 1. The standard InChI is InChI=1S/C28H31FN4O/c1-18(2)28-31-26(27(32-28)25-8-6-7-19(3)30-25)21-11-14-24(29)23(17-21)20-9-12-22(13-10-20)34-16-15-33(4)5/h6-14,17-18H,15-16H2,1-5H3,(H,31,32). The van der Waals surface area contributed by atoms with E-state index in [0.29, 0.717) is 12.2 Å². The number of benzene rings is 2. The van der Waals surface area contributed by atoms with Crippen molar-refractivity contribution >= 4 is 0 Å². The number of H-pyrrole nitrogens is 1. The van der Waals surface area contributed by atoms with Crippen LogP contribution in [0, 0.1) is 12.7 Å². The molecule has 2 aromatic heterocycles. The fourth-order valence-corrected chi connectivity index (χ4v) is 3.71. The smallest absolute Gasteiger partial charge is 0.131 e. The SMILES string of the molecule is Cc1cccc(-c2[nH]c(C(C)C)nc2-c2ccc(F)c(-c3ccc(OCCN(C)C)cc3)c2)n1. The summed E-state index contributed by atoms with van der Waals surface area (Å²) in [4.78, 5) is 15.1. The summed E-state index contributed by atoms with van der Waals surface area (Å²) < 4.78 is 20.7. The lowest BCUT2D eigenvalue weighted by Gasteiger charge is -2.12. The van der Waals surface area contributed by atoms with Gasteiger partial charge in [-0.05, 0) is 69.0 Å². The fraction of sp³-hybridized carbons (Fsp3) is 0.286. The lowest BCUT2D eigenvalue weighted by atomic mass is 9.99. The monoisotopic (exact) mass is 458 g/mol. The van der Waals surface area contributed by atoms with Crippen LogP contribution in [0.3, 0.4) is 0 Å². The van der Waals surface area contributed by atoms with Crippen molar-refractivity contribution in [3.05, 3.63) is 78.0 Å². The number of likely N-dealkylation sites (N-methyl/N-ethyl adjacent to an activating group) is 1. The molecule has 4 aromatic rings. The highest BCUT2D eigenvalue weighted by Crippen LogP contribution is 2.34. The number of nitrogens with zero attached hydrogens (tertiary/aromatic N) is 3. The van der Waals surface area contributed by atoms with Gasteiger partial charge in [-0.2, -0.15) is 0 Å². The van der Waals surface area contributed by atoms with E-state index in [1.807, 2.05) is 69.6 Å². The highest BCUT2D eigenvalue weighted by molar-refractivity contribution is 5.80. The van der Waals surface area contributed by atoms with Crippen molar-refractivity contribution in [3.8, 4) is 39.5 Å². The van der Waals surface area contributed by atoms with Crippen LogP contribution in [0.2, 0.25) is 0 Å². The van der Waals surface area contributed by atoms with Crippen LogP contribution in [-0.2, 0) is 0 Å². The van der Waals surface area contributed by atoms with Gasteiger partial charge >= 0.3 is 0 Å². The van der Waals surface area contributed by atoms with E-state index in [9.17, 15) is 4.39 Å². The minimum atomic E-state index is -0.278. The van der Waals surface area contributed by atoms with Gasteiger partial charge in [0.1, 0.15) is 24.0 Å². The minimum Gasteiger partial charge on any atom is -0.492 e. The second kappa shape index (κ2) is 10.2. The molecular weight excluding hydrogens is 427 g/mol. The summed E-state index contributed by atoms with van der Waals surface area (Å²) >= 11 is 0. The van der Waals surface area contributed by atoms with E-state index in [2.05, 4.69) is 28.7 Å². The highest BCUT2D eigenvalue weighted by atomic mass is 19.1. The maximum Gasteiger partial charge on any atom is 0.131 e. The summed E-state index contributed by atoms with van der Waals surface area (Å²) in [5, 5.41) is 0. The molecule has 2 heterocycles. The maximum absolute atomic E-state index is 14.9. The predicted molar refractivity (Wildman–Crippen MR) is 136 cm³/mol. The zero-order chi connectivity index (χ0) is 24.2. The van der Waals surface area contributed by atoms with E-state index in [1.54, 1.807) is 6.07 Å². The molecule has 0 unspecified atom stereocenters. The lowest BCUT2D eigenvalue weighted by molar-refractivity contribution is 0.261. The van der Waals surface area contributed by atoms with Gasteiger partial charge in [-0.25, -0.2) is 9.37 Å². The Balaban J connectivity index is 1.70. The molecule has 0 saturated heterocycles. The largest absolute Gasteiger partial charge is 0.492 e. The quantitative estimate of drug-likeness (QED) is 0.336. The minimum absolute atomic E-state index is 0.220. The molecule has 0 atom stereocenters. The van der Waals surface area contributed by atoms with Crippen molar-refractivity contribution in [1.29, 1.82) is 0 Å². The molecule has 34 heavy (non-hydrogen) atoms. The highest BCUT2D eigenvalue weighted by Gasteiger charge is 2.18. The van der Waals surface area contributed by atoms with Crippen molar-refractivity contribution in [2.24, 2.45) is 0 Å². The number of aryl methyl sites for hydroxylation is 1. The van der Waals surface area contributed by atoms with Crippen LogP contribution in [0.15, 0.2) is 60.7 Å². The van der Waals surface area contributed by atoms with E-state index in [4.69, 9.17) is 9.72 Å². The molecule has 0 aliphatic rings. The molecule has 0 bridgehead atoms. The molecule has 0 aliphatic heterocycles. The first-order chi connectivity index (χ1) is 16.3. The summed E-state index contributed by atoms with van der Waals surface area (Å²) in [6.07, 6.45) is 0. The molecule has 0 saturated carbocycles. The Morgan fingerprint density at radius 2 is 1.71 bits per heavy atom. The van der Waals surface area contributed by atoms with E-state index in [1.165, 1.54) is 6.07 Å². The first-order valence-electron chi connectivity index (χ1n) is 11.5. The molecule has 2 aromatic carbocycles. The van der Waals surface area contributed by atoms with Gasteiger partial charge in [-0.1, -0.05) is 32.0 Å².